The fourth-order valence-corrected chi connectivity index (χ4v) is 2.97. The molecule has 2 aromatic heterocycles. The van der Waals surface area contributed by atoms with Crippen molar-refractivity contribution < 1.29 is 9.21 Å². The van der Waals surface area contributed by atoms with E-state index in [-0.39, 0.29) is 11.9 Å². The van der Waals surface area contributed by atoms with Crippen molar-refractivity contribution in [3.05, 3.63) is 53.0 Å². The number of hydrogen-bond acceptors (Lipinski definition) is 3. The summed E-state index contributed by atoms with van der Waals surface area (Å²) in [6.45, 7) is 6.04. The lowest BCUT2D eigenvalue weighted by atomic mass is 10.0. The Balaban J connectivity index is 1.75. The molecule has 0 aliphatic heterocycles. The predicted molar refractivity (Wildman–Crippen MR) is 89.2 cm³/mol. The Kier molecular flexibility index (Phi) is 3.94. The number of nitrogens with zero attached hydrogens (tertiary/aromatic N) is 2. The van der Waals surface area contributed by atoms with Gasteiger partial charge in [-0.25, -0.2) is 0 Å². The molecule has 0 bridgehead atoms. The van der Waals surface area contributed by atoms with Gasteiger partial charge in [0.15, 0.2) is 0 Å². The van der Waals surface area contributed by atoms with Gasteiger partial charge in [-0.05, 0) is 38.0 Å². The second-order valence-electron chi connectivity index (χ2n) is 6.13. The summed E-state index contributed by atoms with van der Waals surface area (Å²) in [7, 11) is 1.86. The fraction of sp³-hybridized carbons (Fsp3) is 0.333. The maximum atomic E-state index is 12.3. The lowest BCUT2D eigenvalue weighted by molar-refractivity contribution is -0.121. The molecule has 1 N–H and O–H groups in total. The highest BCUT2D eigenvalue weighted by Crippen LogP contribution is 2.26. The van der Waals surface area contributed by atoms with E-state index in [1.807, 2.05) is 40.1 Å². The van der Waals surface area contributed by atoms with Crippen molar-refractivity contribution in [3.8, 4) is 0 Å². The molecule has 23 heavy (non-hydrogen) atoms. The second kappa shape index (κ2) is 5.91. The molecule has 0 saturated carbocycles. The summed E-state index contributed by atoms with van der Waals surface area (Å²) in [5.74, 6) is -0.0240. The van der Waals surface area contributed by atoms with Crippen LogP contribution in [-0.2, 0) is 18.3 Å². The zero-order valence-corrected chi connectivity index (χ0v) is 13.9. The van der Waals surface area contributed by atoms with Crippen LogP contribution >= 0.6 is 0 Å². The number of aromatic nitrogens is 2. The Labute approximate surface area is 135 Å². The molecule has 1 aromatic carbocycles. The van der Waals surface area contributed by atoms with Crippen molar-refractivity contribution in [2.75, 3.05) is 0 Å². The molecule has 1 unspecified atom stereocenters. The summed E-state index contributed by atoms with van der Waals surface area (Å²) in [5.41, 5.74) is 5.05. The lowest BCUT2D eigenvalue weighted by Gasteiger charge is -2.12. The molecule has 1 amide bonds. The van der Waals surface area contributed by atoms with Gasteiger partial charge < -0.3 is 9.73 Å². The Bertz CT molecular complexity index is 860. The van der Waals surface area contributed by atoms with Crippen LogP contribution in [0.4, 0.5) is 0 Å². The number of benzene rings is 1. The van der Waals surface area contributed by atoms with Crippen molar-refractivity contribution in [2.45, 2.75) is 33.2 Å². The third-order valence-corrected chi connectivity index (χ3v) is 4.05. The Morgan fingerprint density at radius 3 is 2.87 bits per heavy atom. The third-order valence-electron chi connectivity index (χ3n) is 4.05. The second-order valence-corrected chi connectivity index (χ2v) is 6.13. The summed E-state index contributed by atoms with van der Waals surface area (Å²) >= 11 is 0. The Morgan fingerprint density at radius 1 is 1.39 bits per heavy atom. The van der Waals surface area contributed by atoms with Crippen molar-refractivity contribution in [1.29, 1.82) is 0 Å². The number of rotatable bonds is 4. The molecule has 5 heteroatoms. The molecule has 120 valence electrons. The lowest BCUT2D eigenvalue weighted by Crippen LogP contribution is -2.27. The molecule has 0 radical (unpaired) electrons. The molecular formula is C18H21N3O2. The number of furan rings is 1. The van der Waals surface area contributed by atoms with Crippen LogP contribution in [0, 0.1) is 13.8 Å². The Morgan fingerprint density at radius 2 is 2.17 bits per heavy atom. The minimum absolute atomic E-state index is 0.0240. The molecule has 3 aromatic rings. The topological polar surface area (TPSA) is 60.1 Å². The van der Waals surface area contributed by atoms with E-state index in [1.165, 1.54) is 0 Å². The molecular weight excluding hydrogens is 290 g/mol. The van der Waals surface area contributed by atoms with E-state index in [0.717, 1.165) is 33.2 Å². The highest BCUT2D eigenvalue weighted by Gasteiger charge is 2.15. The van der Waals surface area contributed by atoms with E-state index < -0.39 is 0 Å². The van der Waals surface area contributed by atoms with E-state index in [4.69, 9.17) is 4.42 Å². The van der Waals surface area contributed by atoms with Crippen LogP contribution in [0.25, 0.3) is 11.0 Å². The van der Waals surface area contributed by atoms with Crippen LogP contribution in [0.15, 0.2) is 35.2 Å². The van der Waals surface area contributed by atoms with Crippen molar-refractivity contribution in [1.82, 2.24) is 15.1 Å². The SMILES string of the molecule is Cc1cc(C)c2c(CC(=O)NC(C)c3cnn(C)c3)coc2c1. The van der Waals surface area contributed by atoms with Gasteiger partial charge in [0.1, 0.15) is 5.58 Å². The van der Waals surface area contributed by atoms with Gasteiger partial charge in [0, 0.05) is 29.8 Å². The first-order chi connectivity index (χ1) is 10.9. The van der Waals surface area contributed by atoms with Crippen LogP contribution in [0.3, 0.4) is 0 Å². The van der Waals surface area contributed by atoms with Crippen LogP contribution in [0.2, 0.25) is 0 Å². The molecule has 0 aliphatic carbocycles. The summed E-state index contributed by atoms with van der Waals surface area (Å²) in [6.07, 6.45) is 5.67. The number of hydrogen-bond donors (Lipinski definition) is 1. The summed E-state index contributed by atoms with van der Waals surface area (Å²) in [4.78, 5) is 12.3. The van der Waals surface area contributed by atoms with E-state index >= 15 is 0 Å². The van der Waals surface area contributed by atoms with Gasteiger partial charge >= 0.3 is 0 Å². The minimum Gasteiger partial charge on any atom is -0.464 e. The first-order valence-electron chi connectivity index (χ1n) is 7.69. The molecule has 0 fully saturated rings. The van der Waals surface area contributed by atoms with Gasteiger partial charge in [-0.3, -0.25) is 9.48 Å². The third kappa shape index (κ3) is 3.13. The number of nitrogens with one attached hydrogen (secondary N) is 1. The summed E-state index contributed by atoms with van der Waals surface area (Å²) in [5, 5.41) is 8.18. The molecule has 5 nitrogen and oxygen atoms in total. The normalized spacial score (nSPS) is 12.5. The van der Waals surface area contributed by atoms with E-state index in [9.17, 15) is 4.79 Å². The van der Waals surface area contributed by atoms with Crippen molar-refractivity contribution in [2.24, 2.45) is 7.05 Å². The van der Waals surface area contributed by atoms with Crippen molar-refractivity contribution in [3.63, 3.8) is 0 Å². The maximum Gasteiger partial charge on any atom is 0.225 e. The molecule has 0 aliphatic rings. The Hall–Kier alpha value is -2.56. The number of carbonyl (C=O) groups excluding carboxylic acids is 1. The summed E-state index contributed by atoms with van der Waals surface area (Å²) < 4.78 is 7.34. The standard InChI is InChI=1S/C18H21N3O2/c1-11-5-12(2)18-14(10-23-16(18)6-11)7-17(22)20-13(3)15-8-19-21(4)9-15/h5-6,8-10,13H,7H2,1-4H3,(H,20,22). The van der Waals surface area contributed by atoms with E-state index in [0.29, 0.717) is 6.42 Å². The van der Waals surface area contributed by atoms with Crippen molar-refractivity contribution >= 4 is 16.9 Å². The largest absolute Gasteiger partial charge is 0.464 e. The number of carbonyl (C=O) groups is 1. The number of amides is 1. The predicted octanol–water partition coefficient (Wildman–Crippen LogP) is 3.20. The van der Waals surface area contributed by atoms with Gasteiger partial charge in [-0.15, -0.1) is 0 Å². The zero-order valence-electron chi connectivity index (χ0n) is 13.9. The molecule has 0 saturated heterocycles. The van der Waals surface area contributed by atoms with Gasteiger partial charge in [-0.1, -0.05) is 6.07 Å². The highest BCUT2D eigenvalue weighted by atomic mass is 16.3. The van der Waals surface area contributed by atoms with E-state index in [1.54, 1.807) is 17.1 Å². The first kappa shape index (κ1) is 15.3. The summed E-state index contributed by atoms with van der Waals surface area (Å²) in [6, 6.07) is 4.04. The van der Waals surface area contributed by atoms with Gasteiger partial charge in [0.2, 0.25) is 5.91 Å². The first-order valence-corrected chi connectivity index (χ1v) is 7.69. The molecule has 0 spiro atoms. The monoisotopic (exact) mass is 311 g/mol. The minimum atomic E-state index is -0.0716. The average Bonchev–Trinajstić information content (AvgIpc) is 3.05. The average molecular weight is 311 g/mol. The maximum absolute atomic E-state index is 12.3. The molecule has 1 atom stereocenters. The number of aryl methyl sites for hydroxylation is 3. The van der Waals surface area contributed by atoms with Crippen LogP contribution in [0.1, 0.15) is 35.2 Å². The fourth-order valence-electron chi connectivity index (χ4n) is 2.97. The van der Waals surface area contributed by atoms with E-state index in [2.05, 4.69) is 16.5 Å². The molecule has 3 rings (SSSR count). The van der Waals surface area contributed by atoms with Gasteiger partial charge in [-0.2, -0.15) is 5.10 Å². The zero-order chi connectivity index (χ0) is 16.6. The quantitative estimate of drug-likeness (QED) is 0.805. The molecule has 2 heterocycles. The van der Waals surface area contributed by atoms with Crippen LogP contribution in [-0.4, -0.2) is 15.7 Å². The smallest absolute Gasteiger partial charge is 0.225 e. The van der Waals surface area contributed by atoms with Gasteiger partial charge in [0.25, 0.3) is 0 Å². The van der Waals surface area contributed by atoms with Crippen LogP contribution in [0.5, 0.6) is 0 Å². The number of fused-ring (bicyclic) bond motifs is 1. The van der Waals surface area contributed by atoms with Crippen LogP contribution < -0.4 is 5.32 Å². The van der Waals surface area contributed by atoms with Gasteiger partial charge in [0.05, 0.1) is 24.9 Å². The highest BCUT2D eigenvalue weighted by molar-refractivity contribution is 5.90.